The van der Waals surface area contributed by atoms with E-state index in [2.05, 4.69) is 32.3 Å². The van der Waals surface area contributed by atoms with Crippen LogP contribution in [0.15, 0.2) is 0 Å². The Morgan fingerprint density at radius 1 is 1.12 bits per heavy atom. The van der Waals surface area contributed by atoms with E-state index in [1.54, 1.807) is 14.2 Å². The number of nitrogens with zero attached hydrogens (tertiary/aromatic N) is 1. The number of ether oxygens (including phenoxy) is 1. The molecule has 1 aliphatic rings. The third-order valence-electron chi connectivity index (χ3n) is 4.24. The van der Waals surface area contributed by atoms with Crippen molar-refractivity contribution in [3.8, 4) is 0 Å². The first-order valence-electron chi connectivity index (χ1n) is 6.35. The van der Waals surface area contributed by atoms with Gasteiger partial charge in [-0.25, -0.2) is 0 Å². The molecule has 0 aromatic heterocycles. The highest BCUT2D eigenvalue weighted by atomic mass is 28.4. The van der Waals surface area contributed by atoms with Gasteiger partial charge in [0.2, 0.25) is 0 Å². The van der Waals surface area contributed by atoms with Crippen molar-refractivity contribution < 1.29 is 13.6 Å². The second-order valence-corrected chi connectivity index (χ2v) is 9.37. The molecule has 17 heavy (non-hydrogen) atoms. The summed E-state index contributed by atoms with van der Waals surface area (Å²) >= 11 is 0. The van der Waals surface area contributed by atoms with Crippen LogP contribution in [0, 0.1) is 5.92 Å². The minimum absolute atomic E-state index is 0.0356. The molecule has 0 aliphatic carbocycles. The number of morpholine rings is 1. The summed E-state index contributed by atoms with van der Waals surface area (Å²) in [7, 11) is 1.19. The van der Waals surface area contributed by atoms with E-state index in [0.29, 0.717) is 5.92 Å². The fourth-order valence-electron chi connectivity index (χ4n) is 2.50. The van der Waals surface area contributed by atoms with Crippen LogP contribution in [0.1, 0.15) is 27.7 Å². The van der Waals surface area contributed by atoms with Crippen molar-refractivity contribution in [2.24, 2.45) is 5.92 Å². The largest absolute Gasteiger partial charge is 0.433 e. The Hall–Kier alpha value is 0.0569. The first-order chi connectivity index (χ1) is 7.92. The van der Waals surface area contributed by atoms with E-state index in [-0.39, 0.29) is 5.04 Å². The molecule has 0 saturated carbocycles. The molecule has 0 bridgehead atoms. The van der Waals surface area contributed by atoms with Crippen LogP contribution in [-0.2, 0) is 13.6 Å². The summed E-state index contributed by atoms with van der Waals surface area (Å²) < 4.78 is 19.7. The molecule has 1 fully saturated rings. The van der Waals surface area contributed by atoms with E-state index < -0.39 is 8.72 Å². The Labute approximate surface area is 107 Å². The van der Waals surface area contributed by atoms with Crippen LogP contribution in [0.4, 0.5) is 0 Å². The van der Waals surface area contributed by atoms with Crippen LogP contribution in [0.3, 0.4) is 0 Å². The van der Waals surface area contributed by atoms with Gasteiger partial charge in [0.15, 0.2) is 0 Å². The highest BCUT2D eigenvalue weighted by Crippen LogP contribution is 2.46. The maximum absolute atomic E-state index is 5.94. The van der Waals surface area contributed by atoms with Gasteiger partial charge >= 0.3 is 8.72 Å². The molecular formula is C12H27NO3Si. The van der Waals surface area contributed by atoms with Gasteiger partial charge in [0, 0.05) is 32.3 Å². The predicted octanol–water partition coefficient (Wildman–Crippen LogP) is 1.99. The van der Waals surface area contributed by atoms with E-state index in [4.69, 9.17) is 13.6 Å². The molecule has 1 heterocycles. The molecule has 0 spiro atoms. The molecule has 102 valence electrons. The molecule has 5 heteroatoms. The van der Waals surface area contributed by atoms with Gasteiger partial charge in [-0.05, 0) is 5.92 Å². The lowest BCUT2D eigenvalue weighted by molar-refractivity contribution is 0.0293. The van der Waals surface area contributed by atoms with Gasteiger partial charge in [-0.2, -0.15) is 0 Å². The van der Waals surface area contributed by atoms with E-state index in [0.717, 1.165) is 26.3 Å². The Bertz CT molecular complexity index is 236. The van der Waals surface area contributed by atoms with Gasteiger partial charge in [0.05, 0.1) is 13.2 Å². The van der Waals surface area contributed by atoms with Gasteiger partial charge in [0.1, 0.15) is 0 Å². The fraction of sp³-hybridized carbons (Fsp3) is 1.00. The lowest BCUT2D eigenvalue weighted by Crippen LogP contribution is -2.67. The Balaban J connectivity index is 3.02. The van der Waals surface area contributed by atoms with Gasteiger partial charge in [-0.1, -0.05) is 27.7 Å². The van der Waals surface area contributed by atoms with E-state index in [1.165, 1.54) is 0 Å². The number of hydrogen-bond donors (Lipinski definition) is 0. The molecule has 4 nitrogen and oxygen atoms in total. The average molecular weight is 261 g/mol. The third-order valence-corrected chi connectivity index (χ3v) is 8.83. The number of rotatable bonds is 5. The lowest BCUT2D eigenvalue weighted by atomic mass is 9.99. The molecule has 0 amide bonds. The Morgan fingerprint density at radius 2 is 1.59 bits per heavy atom. The highest BCUT2D eigenvalue weighted by molar-refractivity contribution is 6.67. The molecule has 0 atom stereocenters. The van der Waals surface area contributed by atoms with E-state index >= 15 is 0 Å². The first-order valence-corrected chi connectivity index (χ1v) is 8.12. The molecule has 1 aliphatic heterocycles. The molecule has 0 N–H and O–H groups in total. The van der Waals surface area contributed by atoms with Gasteiger partial charge in [0.25, 0.3) is 0 Å². The molecule has 0 aromatic carbocycles. The quantitative estimate of drug-likeness (QED) is 0.708. The molecule has 1 saturated heterocycles. The molecule has 0 unspecified atom stereocenters. The minimum Gasteiger partial charge on any atom is -0.386 e. The topological polar surface area (TPSA) is 30.9 Å². The van der Waals surface area contributed by atoms with Crippen molar-refractivity contribution in [2.45, 2.75) is 32.7 Å². The van der Waals surface area contributed by atoms with E-state index in [1.807, 2.05) is 0 Å². The maximum Gasteiger partial charge on any atom is 0.433 e. The standard InChI is InChI=1S/C12H27NO3Si/c1-11(2)12(3,4)17(14-5,15-6)13-7-9-16-10-8-13/h11H,7-10H2,1-6H3. The van der Waals surface area contributed by atoms with Crippen LogP contribution in [0.25, 0.3) is 0 Å². The second-order valence-electron chi connectivity index (χ2n) is 5.47. The predicted molar refractivity (Wildman–Crippen MR) is 71.0 cm³/mol. The van der Waals surface area contributed by atoms with Crippen LogP contribution in [-0.4, -0.2) is 53.8 Å². The van der Waals surface area contributed by atoms with Crippen LogP contribution in [0.2, 0.25) is 5.04 Å². The van der Waals surface area contributed by atoms with Gasteiger partial charge < -0.3 is 13.6 Å². The van der Waals surface area contributed by atoms with Crippen LogP contribution in [0.5, 0.6) is 0 Å². The highest BCUT2D eigenvalue weighted by Gasteiger charge is 2.57. The van der Waals surface area contributed by atoms with Crippen molar-refractivity contribution in [3.05, 3.63) is 0 Å². The van der Waals surface area contributed by atoms with Crippen molar-refractivity contribution in [1.82, 2.24) is 4.57 Å². The van der Waals surface area contributed by atoms with Gasteiger partial charge in [-0.15, -0.1) is 0 Å². The summed E-state index contributed by atoms with van der Waals surface area (Å²) in [5.41, 5.74) is 0. The molecule has 0 aromatic rings. The summed E-state index contributed by atoms with van der Waals surface area (Å²) in [6, 6.07) is 0. The Kier molecular flexibility index (Phi) is 5.16. The summed E-state index contributed by atoms with van der Waals surface area (Å²) in [4.78, 5) is 0. The lowest BCUT2D eigenvalue weighted by Gasteiger charge is -2.50. The van der Waals surface area contributed by atoms with Crippen molar-refractivity contribution in [2.75, 3.05) is 40.5 Å². The minimum atomic E-state index is -2.38. The smallest absolute Gasteiger partial charge is 0.386 e. The Morgan fingerprint density at radius 3 is 1.94 bits per heavy atom. The SMILES string of the molecule is CO[Si](OC)(N1CCOCC1)C(C)(C)C(C)C. The monoisotopic (exact) mass is 261 g/mol. The fourth-order valence-corrected chi connectivity index (χ4v) is 6.55. The van der Waals surface area contributed by atoms with Crippen molar-refractivity contribution >= 4 is 8.72 Å². The first kappa shape index (κ1) is 15.1. The summed E-state index contributed by atoms with van der Waals surface area (Å²) in [5.74, 6) is 0.511. The molecule has 0 radical (unpaired) electrons. The molecule has 1 rings (SSSR count). The second kappa shape index (κ2) is 5.80. The van der Waals surface area contributed by atoms with Crippen LogP contribution >= 0.6 is 0 Å². The number of hydrogen-bond acceptors (Lipinski definition) is 4. The maximum atomic E-state index is 5.94. The van der Waals surface area contributed by atoms with Gasteiger partial charge in [-0.3, -0.25) is 4.57 Å². The summed E-state index contributed by atoms with van der Waals surface area (Å²) in [6.07, 6.45) is 0. The average Bonchev–Trinajstić information content (AvgIpc) is 2.32. The van der Waals surface area contributed by atoms with Crippen molar-refractivity contribution in [3.63, 3.8) is 0 Å². The van der Waals surface area contributed by atoms with E-state index in [9.17, 15) is 0 Å². The zero-order valence-electron chi connectivity index (χ0n) is 12.1. The summed E-state index contributed by atoms with van der Waals surface area (Å²) in [5, 5.41) is 0.0356. The van der Waals surface area contributed by atoms with Crippen molar-refractivity contribution in [1.29, 1.82) is 0 Å². The van der Waals surface area contributed by atoms with Crippen LogP contribution < -0.4 is 0 Å². The normalized spacial score (nSPS) is 19.9. The zero-order chi connectivity index (χ0) is 13.1. The zero-order valence-corrected chi connectivity index (χ0v) is 13.1. The summed E-state index contributed by atoms with van der Waals surface area (Å²) in [6.45, 7) is 12.3. The third kappa shape index (κ3) is 2.58. The molecular weight excluding hydrogens is 234 g/mol.